The maximum absolute atomic E-state index is 13.3. The normalized spacial score (nSPS) is 19.9. The molecule has 1 aromatic rings. The molecule has 0 unspecified atom stereocenters. The van der Waals surface area contributed by atoms with Crippen molar-refractivity contribution >= 4 is 40.0 Å². The van der Waals surface area contributed by atoms with Crippen molar-refractivity contribution in [1.82, 2.24) is 19.8 Å². The summed E-state index contributed by atoms with van der Waals surface area (Å²) in [5.74, 6) is 0.754. The van der Waals surface area contributed by atoms with E-state index in [2.05, 4.69) is 22.5 Å². The van der Waals surface area contributed by atoms with Gasteiger partial charge in [-0.3, -0.25) is 0 Å². The van der Waals surface area contributed by atoms with Crippen LogP contribution in [-0.2, 0) is 16.6 Å². The lowest BCUT2D eigenvalue weighted by molar-refractivity contribution is 0.131. The summed E-state index contributed by atoms with van der Waals surface area (Å²) < 4.78 is 28.1. The molecule has 2 N–H and O–H groups in total. The number of aliphatic imine (C=N–C) groups is 1. The lowest BCUT2D eigenvalue weighted by atomic mass is 9.67. The number of sulfonamides is 1. The Kier molecular flexibility index (Phi) is 10.0. The lowest BCUT2D eigenvalue weighted by Crippen LogP contribution is -2.47. The van der Waals surface area contributed by atoms with Gasteiger partial charge in [0.25, 0.3) is 0 Å². The van der Waals surface area contributed by atoms with Crippen LogP contribution in [0.2, 0.25) is 0 Å². The van der Waals surface area contributed by atoms with Gasteiger partial charge in [-0.15, -0.1) is 24.0 Å². The van der Waals surface area contributed by atoms with Crippen LogP contribution in [0, 0.1) is 5.41 Å². The number of hydrogen-bond donors (Lipinski definition) is 2. The highest BCUT2D eigenvalue weighted by Crippen LogP contribution is 2.43. The second-order valence-electron chi connectivity index (χ2n) is 8.57. The minimum absolute atomic E-state index is 0. The molecule has 0 bridgehead atoms. The van der Waals surface area contributed by atoms with Gasteiger partial charge < -0.3 is 15.5 Å². The molecule has 1 saturated carbocycles. The number of nitrogens with zero attached hydrogens (tertiary/aromatic N) is 3. The summed E-state index contributed by atoms with van der Waals surface area (Å²) >= 11 is 0. The van der Waals surface area contributed by atoms with E-state index >= 15 is 0 Å². The first-order valence-corrected chi connectivity index (χ1v) is 12.6. The van der Waals surface area contributed by atoms with Crippen molar-refractivity contribution in [2.75, 3.05) is 46.3 Å². The van der Waals surface area contributed by atoms with E-state index in [0.717, 1.165) is 37.7 Å². The predicted octanol–water partition coefficient (Wildman–Crippen LogP) is 2.88. The van der Waals surface area contributed by atoms with E-state index in [4.69, 9.17) is 4.99 Å². The van der Waals surface area contributed by atoms with Gasteiger partial charge in [0.05, 0.1) is 11.4 Å². The fourth-order valence-corrected chi connectivity index (χ4v) is 5.80. The average molecular weight is 564 g/mol. The number of piperazine rings is 1. The Morgan fingerprint density at radius 3 is 2.35 bits per heavy atom. The third-order valence-electron chi connectivity index (χ3n) is 6.60. The van der Waals surface area contributed by atoms with E-state index in [1.807, 2.05) is 26.1 Å². The number of likely N-dealkylation sites (N-methyl/N-ethyl adjacent to an activating group) is 1. The van der Waals surface area contributed by atoms with Gasteiger partial charge >= 0.3 is 0 Å². The molecule has 9 heteroatoms. The summed E-state index contributed by atoms with van der Waals surface area (Å²) in [7, 11) is -1.49. The van der Waals surface area contributed by atoms with E-state index in [1.165, 1.54) is 25.7 Å². The van der Waals surface area contributed by atoms with E-state index in [-0.39, 0.29) is 24.0 Å². The van der Waals surface area contributed by atoms with Crippen molar-refractivity contribution in [1.29, 1.82) is 0 Å². The standard InChI is InChI=1S/C22H37N5O2S.HI/c1-4-22(11-8-12-22)18-25-21(23-5-2)24-17-19-9-6-7-10-20(19)30(28,29)27-15-13-26(3)14-16-27;/h6-7,9-10H,4-5,8,11-18H2,1-3H3,(H2,23,24,25);1H. The number of benzene rings is 1. The monoisotopic (exact) mass is 563 g/mol. The molecule has 3 rings (SSSR count). The first-order valence-electron chi connectivity index (χ1n) is 11.2. The Balaban J connectivity index is 0.00000341. The summed E-state index contributed by atoms with van der Waals surface area (Å²) in [5.41, 5.74) is 1.13. The van der Waals surface area contributed by atoms with Crippen LogP contribution in [0.25, 0.3) is 0 Å². The highest BCUT2D eigenvalue weighted by molar-refractivity contribution is 14.0. The molecule has 0 aromatic heterocycles. The van der Waals surface area contributed by atoms with Gasteiger partial charge in [0, 0.05) is 39.3 Å². The molecule has 1 saturated heterocycles. The summed E-state index contributed by atoms with van der Waals surface area (Å²) in [4.78, 5) is 7.24. The highest BCUT2D eigenvalue weighted by Gasteiger charge is 2.35. The van der Waals surface area contributed by atoms with E-state index < -0.39 is 10.0 Å². The molecule has 176 valence electrons. The summed E-state index contributed by atoms with van der Waals surface area (Å²) in [6, 6.07) is 7.25. The first kappa shape index (κ1) is 26.3. The average Bonchev–Trinajstić information content (AvgIpc) is 2.72. The fraction of sp³-hybridized carbons (Fsp3) is 0.682. The van der Waals surface area contributed by atoms with Crippen LogP contribution in [0.1, 0.15) is 45.1 Å². The summed E-state index contributed by atoms with van der Waals surface area (Å²) in [6.45, 7) is 8.88. The molecular weight excluding hydrogens is 525 g/mol. The van der Waals surface area contributed by atoms with Crippen LogP contribution in [0.5, 0.6) is 0 Å². The van der Waals surface area contributed by atoms with Crippen LogP contribution in [0.15, 0.2) is 34.2 Å². The summed E-state index contributed by atoms with van der Waals surface area (Å²) in [6.07, 6.45) is 5.01. The van der Waals surface area contributed by atoms with Crippen LogP contribution < -0.4 is 10.6 Å². The van der Waals surface area contributed by atoms with Crippen molar-refractivity contribution < 1.29 is 8.42 Å². The van der Waals surface area contributed by atoms with Gasteiger partial charge in [-0.25, -0.2) is 13.4 Å². The molecule has 0 spiro atoms. The van der Waals surface area contributed by atoms with Crippen molar-refractivity contribution in [3.63, 3.8) is 0 Å². The molecule has 1 heterocycles. The Bertz CT molecular complexity index is 829. The number of hydrogen-bond acceptors (Lipinski definition) is 4. The third-order valence-corrected chi connectivity index (χ3v) is 8.60. The molecule has 1 aliphatic carbocycles. The van der Waals surface area contributed by atoms with Gasteiger partial charge in [-0.05, 0) is 50.3 Å². The van der Waals surface area contributed by atoms with E-state index in [1.54, 1.807) is 16.4 Å². The van der Waals surface area contributed by atoms with Gasteiger partial charge in [0.15, 0.2) is 5.96 Å². The number of guanidine groups is 1. The Labute approximate surface area is 205 Å². The third kappa shape index (κ3) is 6.55. The van der Waals surface area contributed by atoms with Crippen LogP contribution in [-0.4, -0.2) is 69.9 Å². The number of nitrogens with one attached hydrogen (secondary N) is 2. The highest BCUT2D eigenvalue weighted by atomic mass is 127. The minimum atomic E-state index is -3.51. The first-order chi connectivity index (χ1) is 14.4. The SMILES string of the molecule is CCNC(=NCc1ccccc1S(=O)(=O)N1CCN(C)CC1)NCC1(CC)CCC1.I. The van der Waals surface area contributed by atoms with Gasteiger partial charge in [-0.1, -0.05) is 31.5 Å². The van der Waals surface area contributed by atoms with Crippen LogP contribution >= 0.6 is 24.0 Å². The Morgan fingerprint density at radius 1 is 1.10 bits per heavy atom. The summed E-state index contributed by atoms with van der Waals surface area (Å²) in [5, 5.41) is 6.78. The van der Waals surface area contributed by atoms with Crippen molar-refractivity contribution in [2.45, 2.75) is 51.0 Å². The maximum atomic E-state index is 13.3. The van der Waals surface area contributed by atoms with Crippen molar-refractivity contribution in [3.05, 3.63) is 29.8 Å². The molecular formula is C22H38IN5O2S. The second-order valence-corrected chi connectivity index (χ2v) is 10.5. The van der Waals surface area contributed by atoms with Crippen LogP contribution in [0.3, 0.4) is 0 Å². The van der Waals surface area contributed by atoms with Gasteiger partial charge in [0.2, 0.25) is 10.0 Å². The van der Waals surface area contributed by atoms with Gasteiger partial charge in [0.1, 0.15) is 0 Å². The molecule has 7 nitrogen and oxygen atoms in total. The lowest BCUT2D eigenvalue weighted by Gasteiger charge is -2.41. The maximum Gasteiger partial charge on any atom is 0.243 e. The topological polar surface area (TPSA) is 77.0 Å². The number of rotatable bonds is 8. The predicted molar refractivity (Wildman–Crippen MR) is 138 cm³/mol. The van der Waals surface area contributed by atoms with Crippen LogP contribution in [0.4, 0.5) is 0 Å². The van der Waals surface area contributed by atoms with E-state index in [0.29, 0.717) is 29.9 Å². The van der Waals surface area contributed by atoms with E-state index in [9.17, 15) is 8.42 Å². The molecule has 1 aliphatic heterocycles. The Hall–Kier alpha value is -0.910. The smallest absolute Gasteiger partial charge is 0.243 e. The molecule has 0 radical (unpaired) electrons. The quantitative estimate of drug-likeness (QED) is 0.289. The molecule has 31 heavy (non-hydrogen) atoms. The molecule has 0 amide bonds. The van der Waals surface area contributed by atoms with Crippen molar-refractivity contribution in [2.24, 2.45) is 10.4 Å². The molecule has 2 fully saturated rings. The van der Waals surface area contributed by atoms with Crippen molar-refractivity contribution in [3.8, 4) is 0 Å². The van der Waals surface area contributed by atoms with Gasteiger partial charge in [-0.2, -0.15) is 4.31 Å². The Morgan fingerprint density at radius 2 is 1.77 bits per heavy atom. The molecule has 0 atom stereocenters. The number of halogens is 1. The minimum Gasteiger partial charge on any atom is -0.357 e. The second kappa shape index (κ2) is 11.8. The zero-order valence-corrected chi connectivity index (χ0v) is 22.2. The fourth-order valence-electron chi connectivity index (χ4n) is 4.16. The largest absolute Gasteiger partial charge is 0.357 e. The molecule has 2 aliphatic rings. The zero-order chi connectivity index (χ0) is 21.6. The zero-order valence-electron chi connectivity index (χ0n) is 19.1. The molecule has 1 aromatic carbocycles.